The predicted molar refractivity (Wildman–Crippen MR) is 152 cm³/mol. The van der Waals surface area contributed by atoms with Gasteiger partial charge < -0.3 is 24.4 Å². The Morgan fingerprint density at radius 1 is 0.976 bits per heavy atom. The zero-order valence-corrected chi connectivity index (χ0v) is 24.0. The maximum atomic E-state index is 13.5. The molecule has 0 bridgehead atoms. The van der Waals surface area contributed by atoms with Crippen molar-refractivity contribution >= 4 is 17.9 Å². The molecule has 1 aliphatic heterocycles. The number of rotatable bonds is 6. The zero-order valence-electron chi connectivity index (χ0n) is 24.0. The van der Waals surface area contributed by atoms with Crippen molar-refractivity contribution in [2.75, 3.05) is 6.61 Å². The van der Waals surface area contributed by atoms with Crippen molar-refractivity contribution in [3.63, 3.8) is 0 Å². The van der Waals surface area contributed by atoms with Gasteiger partial charge in [0.2, 0.25) is 0 Å². The minimum Gasteiger partial charge on any atom is -0.458 e. The van der Waals surface area contributed by atoms with Crippen molar-refractivity contribution in [3.05, 3.63) is 102 Å². The van der Waals surface area contributed by atoms with E-state index in [1.165, 1.54) is 18.5 Å². The van der Waals surface area contributed by atoms with E-state index in [9.17, 15) is 24.6 Å². The van der Waals surface area contributed by atoms with Gasteiger partial charge in [-0.2, -0.15) is 0 Å². The summed E-state index contributed by atoms with van der Waals surface area (Å²) in [6, 6.07) is 11.5. The molecule has 2 heterocycles. The van der Waals surface area contributed by atoms with E-state index in [1.54, 1.807) is 81.5 Å². The Morgan fingerprint density at radius 3 is 2.29 bits per heavy atom. The third-order valence-electron chi connectivity index (χ3n) is 9.57. The smallest absolute Gasteiger partial charge is 0.340 e. The van der Waals surface area contributed by atoms with Crippen LogP contribution < -0.4 is 0 Å². The summed E-state index contributed by atoms with van der Waals surface area (Å²) >= 11 is 0. The Morgan fingerprint density at radius 2 is 1.64 bits per heavy atom. The number of hydrogen-bond acceptors (Lipinski definition) is 9. The predicted octanol–water partition coefficient (Wildman–Crippen LogP) is 3.98. The molecular formula is C33H35NO8. The van der Waals surface area contributed by atoms with Crippen LogP contribution in [0, 0.1) is 16.7 Å². The quantitative estimate of drug-likeness (QED) is 0.299. The van der Waals surface area contributed by atoms with E-state index in [4.69, 9.17) is 14.2 Å². The second kappa shape index (κ2) is 10.6. The average Bonchev–Trinajstić information content (AvgIpc) is 3.39. The van der Waals surface area contributed by atoms with Crippen LogP contribution in [0.4, 0.5) is 0 Å². The number of cyclic esters (lactones) is 1. The lowest BCUT2D eigenvalue weighted by Crippen LogP contribution is -2.76. The first kappa shape index (κ1) is 29.4. The van der Waals surface area contributed by atoms with E-state index in [-0.39, 0.29) is 17.7 Å². The Kier molecular flexibility index (Phi) is 7.45. The lowest BCUT2D eigenvalue weighted by atomic mass is 9.42. The Balaban J connectivity index is 1.67. The number of pyridine rings is 1. The molecule has 220 valence electrons. The molecule has 0 amide bonds. The number of hydrogen-bond donors (Lipinski definition) is 2. The fraction of sp³-hybridized carbons (Fsp3) is 0.394. The zero-order chi connectivity index (χ0) is 30.3. The normalized spacial score (nSPS) is 35.7. The van der Waals surface area contributed by atoms with Crippen LogP contribution in [-0.4, -0.2) is 63.1 Å². The summed E-state index contributed by atoms with van der Waals surface area (Å²) in [5, 5.41) is 24.5. The summed E-state index contributed by atoms with van der Waals surface area (Å²) < 4.78 is 17.3. The van der Waals surface area contributed by atoms with Crippen LogP contribution in [0.15, 0.2) is 90.8 Å². The molecule has 1 saturated carbocycles. The Labute approximate surface area is 244 Å². The highest BCUT2D eigenvalue weighted by Crippen LogP contribution is 2.64. The number of ether oxygens (including phenoxy) is 3. The second-order valence-electron chi connectivity index (χ2n) is 12.0. The van der Waals surface area contributed by atoms with E-state index < -0.39 is 58.1 Å². The maximum absolute atomic E-state index is 13.5. The highest BCUT2D eigenvalue weighted by atomic mass is 16.6. The topological polar surface area (TPSA) is 132 Å². The van der Waals surface area contributed by atoms with Crippen LogP contribution in [0.5, 0.6) is 0 Å². The number of nitrogens with zero attached hydrogens (tertiary/aromatic N) is 1. The van der Waals surface area contributed by atoms with Gasteiger partial charge in [-0.1, -0.05) is 56.4 Å². The van der Waals surface area contributed by atoms with Gasteiger partial charge in [0, 0.05) is 29.3 Å². The van der Waals surface area contributed by atoms with Gasteiger partial charge in [0.15, 0.2) is 12.2 Å². The van der Waals surface area contributed by atoms with E-state index in [0.717, 1.165) is 0 Å². The molecule has 0 radical (unpaired) electrons. The Hall–Kier alpha value is -4.08. The van der Waals surface area contributed by atoms with Gasteiger partial charge in [0.05, 0.1) is 16.7 Å². The third-order valence-corrected chi connectivity index (χ3v) is 9.57. The van der Waals surface area contributed by atoms with Crippen LogP contribution in [0.3, 0.4) is 0 Å². The molecule has 1 fully saturated rings. The number of aliphatic hydroxyl groups is 2. The van der Waals surface area contributed by atoms with Crippen molar-refractivity contribution < 1.29 is 38.8 Å². The number of benzene rings is 1. The second-order valence-corrected chi connectivity index (χ2v) is 12.0. The minimum absolute atomic E-state index is 0.0882. The fourth-order valence-corrected chi connectivity index (χ4v) is 6.67. The van der Waals surface area contributed by atoms with Gasteiger partial charge in [0.25, 0.3) is 0 Å². The molecular weight excluding hydrogens is 538 g/mol. The number of allylic oxidation sites excluding steroid dienone is 1. The molecule has 7 atom stereocenters. The molecule has 1 aromatic heterocycles. The van der Waals surface area contributed by atoms with Crippen LogP contribution >= 0.6 is 0 Å². The van der Waals surface area contributed by atoms with Gasteiger partial charge >= 0.3 is 17.9 Å². The van der Waals surface area contributed by atoms with E-state index >= 15 is 0 Å². The van der Waals surface area contributed by atoms with E-state index in [1.807, 2.05) is 13.0 Å². The molecule has 9 heteroatoms. The van der Waals surface area contributed by atoms with Crippen molar-refractivity contribution in [1.82, 2.24) is 4.98 Å². The molecule has 0 saturated heterocycles. The summed E-state index contributed by atoms with van der Waals surface area (Å²) in [6.07, 6.45) is 8.96. The molecule has 2 aromatic rings. The van der Waals surface area contributed by atoms with Gasteiger partial charge in [-0.15, -0.1) is 0 Å². The number of aromatic nitrogens is 1. The van der Waals surface area contributed by atoms with Crippen LogP contribution in [0.25, 0.3) is 0 Å². The summed E-state index contributed by atoms with van der Waals surface area (Å²) in [6.45, 7) is 6.86. The van der Waals surface area contributed by atoms with Crippen molar-refractivity contribution in [2.24, 2.45) is 16.7 Å². The van der Waals surface area contributed by atoms with Crippen molar-refractivity contribution in [2.45, 2.75) is 57.5 Å². The molecule has 9 nitrogen and oxygen atoms in total. The van der Waals surface area contributed by atoms with Crippen molar-refractivity contribution in [3.8, 4) is 0 Å². The van der Waals surface area contributed by atoms with Gasteiger partial charge in [0.1, 0.15) is 12.2 Å². The molecule has 2 aliphatic carbocycles. The minimum atomic E-state index is -1.83. The van der Waals surface area contributed by atoms with Crippen molar-refractivity contribution in [1.29, 1.82) is 0 Å². The van der Waals surface area contributed by atoms with Crippen LogP contribution in [-0.2, 0) is 19.0 Å². The molecule has 2 N–H and O–H groups in total. The maximum Gasteiger partial charge on any atom is 0.340 e. The first-order valence-electron chi connectivity index (χ1n) is 13.9. The molecule has 0 unspecified atom stereocenters. The summed E-state index contributed by atoms with van der Waals surface area (Å²) in [5.74, 6) is -2.44. The highest BCUT2D eigenvalue weighted by molar-refractivity contribution is 5.90. The van der Waals surface area contributed by atoms with Gasteiger partial charge in [-0.3, -0.25) is 4.98 Å². The monoisotopic (exact) mass is 573 g/mol. The third kappa shape index (κ3) is 4.76. The first-order valence-corrected chi connectivity index (χ1v) is 13.9. The van der Waals surface area contributed by atoms with E-state index in [0.29, 0.717) is 12.0 Å². The molecule has 42 heavy (non-hydrogen) atoms. The standard InChI is InChI=1S/C33H35NO8/c1-30(16-14-21-18-25(35)40-20-21)24-13-8-15-31(2,38)32(24,3)26(41-29(37)23-12-9-17-34-19-23)27(33(30,4)39)42-28(36)22-10-6-5-7-11-22/h5-12,14-19,24,26-27,38-39H,13,20H2,1-4H3/t24-,26+,27+,30-,31+,32+,33+/m1/s1. The Bertz CT molecular complexity index is 1460. The fourth-order valence-electron chi connectivity index (χ4n) is 6.67. The number of fused-ring (bicyclic) bond motifs is 1. The number of esters is 3. The van der Waals surface area contributed by atoms with E-state index in [2.05, 4.69) is 4.98 Å². The summed E-state index contributed by atoms with van der Waals surface area (Å²) in [5.41, 5.74) is -4.78. The SMILES string of the molecule is C[C@@]12[C@@H](OC(=O)c3cccnc3)[C@H](OC(=O)c3ccccc3)[C@](C)(O)[C@](C)(C=CC3=CC(=O)OC3)[C@H]1CC=C[C@]2(C)O. The molecule has 5 rings (SSSR count). The van der Waals surface area contributed by atoms with Crippen LogP contribution in [0.2, 0.25) is 0 Å². The van der Waals surface area contributed by atoms with Gasteiger partial charge in [-0.05, 0) is 56.0 Å². The average molecular weight is 574 g/mol. The van der Waals surface area contributed by atoms with Gasteiger partial charge in [-0.25, -0.2) is 14.4 Å². The van der Waals surface area contributed by atoms with Crippen LogP contribution in [0.1, 0.15) is 54.8 Å². The molecule has 0 spiro atoms. The molecule has 1 aromatic carbocycles. The first-order chi connectivity index (χ1) is 19.8. The lowest BCUT2D eigenvalue weighted by Gasteiger charge is -2.66. The number of carbonyl (C=O) groups is 3. The summed E-state index contributed by atoms with van der Waals surface area (Å²) in [4.78, 5) is 42.7. The lowest BCUT2D eigenvalue weighted by molar-refractivity contribution is -0.287. The highest BCUT2D eigenvalue weighted by Gasteiger charge is 2.73. The summed E-state index contributed by atoms with van der Waals surface area (Å²) in [7, 11) is 0. The molecule has 3 aliphatic rings. The largest absolute Gasteiger partial charge is 0.458 e. The number of carbonyl (C=O) groups excluding carboxylic acids is 3.